The van der Waals surface area contributed by atoms with Gasteiger partial charge >= 0.3 is 0 Å². The molecule has 0 saturated heterocycles. The fourth-order valence-corrected chi connectivity index (χ4v) is 2.02. The fraction of sp³-hybridized carbons (Fsp3) is 1.00. The SMILES string of the molecule is COCCNCC(CCC(C)C)CC(C)C. The van der Waals surface area contributed by atoms with Crippen LogP contribution in [0, 0.1) is 17.8 Å². The van der Waals surface area contributed by atoms with E-state index in [9.17, 15) is 0 Å². The van der Waals surface area contributed by atoms with Crippen LogP contribution < -0.4 is 5.32 Å². The maximum Gasteiger partial charge on any atom is 0.0587 e. The molecule has 0 bridgehead atoms. The van der Waals surface area contributed by atoms with Gasteiger partial charge in [0.2, 0.25) is 0 Å². The molecule has 0 aromatic heterocycles. The summed E-state index contributed by atoms with van der Waals surface area (Å²) in [6.07, 6.45) is 4.05. The number of ether oxygens (including phenoxy) is 1. The zero-order chi connectivity index (χ0) is 12.4. The largest absolute Gasteiger partial charge is 0.383 e. The van der Waals surface area contributed by atoms with E-state index >= 15 is 0 Å². The lowest BCUT2D eigenvalue weighted by molar-refractivity contribution is 0.196. The van der Waals surface area contributed by atoms with Gasteiger partial charge in [-0.25, -0.2) is 0 Å². The van der Waals surface area contributed by atoms with Crippen LogP contribution in [0.4, 0.5) is 0 Å². The van der Waals surface area contributed by atoms with E-state index in [1.165, 1.54) is 19.3 Å². The van der Waals surface area contributed by atoms with Crippen LogP contribution in [-0.2, 0) is 4.74 Å². The van der Waals surface area contributed by atoms with Gasteiger partial charge < -0.3 is 10.1 Å². The molecule has 2 nitrogen and oxygen atoms in total. The molecule has 0 spiro atoms. The standard InChI is InChI=1S/C14H31NO/c1-12(2)6-7-14(10-13(3)4)11-15-8-9-16-5/h12-15H,6-11H2,1-5H3. The zero-order valence-electron chi connectivity index (χ0n) is 11.9. The van der Waals surface area contributed by atoms with E-state index in [4.69, 9.17) is 4.74 Å². The number of methoxy groups -OCH3 is 1. The highest BCUT2D eigenvalue weighted by atomic mass is 16.5. The van der Waals surface area contributed by atoms with Crippen molar-refractivity contribution in [2.24, 2.45) is 17.8 Å². The Morgan fingerprint density at radius 3 is 2.19 bits per heavy atom. The van der Waals surface area contributed by atoms with Gasteiger partial charge in [-0.3, -0.25) is 0 Å². The number of hydrogen-bond donors (Lipinski definition) is 1. The quantitative estimate of drug-likeness (QED) is 0.580. The summed E-state index contributed by atoms with van der Waals surface area (Å²) >= 11 is 0. The van der Waals surface area contributed by atoms with Crippen LogP contribution in [0.1, 0.15) is 47.0 Å². The lowest BCUT2D eigenvalue weighted by Crippen LogP contribution is -2.27. The van der Waals surface area contributed by atoms with Crippen LogP contribution in [0.15, 0.2) is 0 Å². The van der Waals surface area contributed by atoms with Gasteiger partial charge in [0.1, 0.15) is 0 Å². The first kappa shape index (κ1) is 15.9. The number of rotatable bonds is 10. The molecule has 0 rings (SSSR count). The topological polar surface area (TPSA) is 21.3 Å². The molecule has 0 aromatic rings. The van der Waals surface area contributed by atoms with E-state index in [1.807, 2.05) is 0 Å². The van der Waals surface area contributed by atoms with Crippen molar-refractivity contribution in [1.29, 1.82) is 0 Å². The number of nitrogens with one attached hydrogen (secondary N) is 1. The second kappa shape index (κ2) is 10.1. The zero-order valence-corrected chi connectivity index (χ0v) is 11.9. The van der Waals surface area contributed by atoms with E-state index in [1.54, 1.807) is 7.11 Å². The van der Waals surface area contributed by atoms with Gasteiger partial charge in [0, 0.05) is 13.7 Å². The molecule has 2 heteroatoms. The van der Waals surface area contributed by atoms with Crippen LogP contribution >= 0.6 is 0 Å². The van der Waals surface area contributed by atoms with Crippen molar-refractivity contribution in [2.45, 2.75) is 47.0 Å². The summed E-state index contributed by atoms with van der Waals surface area (Å²) in [6.45, 7) is 12.2. The van der Waals surface area contributed by atoms with E-state index in [0.29, 0.717) is 0 Å². The lowest BCUT2D eigenvalue weighted by Gasteiger charge is -2.20. The minimum atomic E-state index is 0.807. The van der Waals surface area contributed by atoms with Crippen LogP contribution in [-0.4, -0.2) is 26.8 Å². The summed E-state index contributed by atoms with van der Waals surface area (Å²) in [5, 5.41) is 3.49. The Bertz CT molecular complexity index is 146. The monoisotopic (exact) mass is 229 g/mol. The van der Waals surface area contributed by atoms with Crippen molar-refractivity contribution >= 4 is 0 Å². The second-order valence-electron chi connectivity index (χ2n) is 5.66. The molecule has 16 heavy (non-hydrogen) atoms. The predicted molar refractivity (Wildman–Crippen MR) is 71.8 cm³/mol. The Morgan fingerprint density at radius 1 is 1.00 bits per heavy atom. The Kier molecular flexibility index (Phi) is 10.0. The molecular weight excluding hydrogens is 198 g/mol. The summed E-state index contributed by atoms with van der Waals surface area (Å²) in [5.74, 6) is 2.47. The summed E-state index contributed by atoms with van der Waals surface area (Å²) in [5.41, 5.74) is 0. The molecule has 1 unspecified atom stereocenters. The third-order valence-electron chi connectivity index (χ3n) is 2.87. The van der Waals surface area contributed by atoms with E-state index in [0.717, 1.165) is 37.5 Å². The van der Waals surface area contributed by atoms with Crippen molar-refractivity contribution in [3.8, 4) is 0 Å². The van der Waals surface area contributed by atoms with Gasteiger partial charge in [-0.2, -0.15) is 0 Å². The van der Waals surface area contributed by atoms with Crippen LogP contribution in [0.2, 0.25) is 0 Å². The molecule has 1 N–H and O–H groups in total. The van der Waals surface area contributed by atoms with Crippen LogP contribution in [0.3, 0.4) is 0 Å². The molecule has 0 saturated carbocycles. The van der Waals surface area contributed by atoms with Gasteiger partial charge in [0.15, 0.2) is 0 Å². The molecule has 0 aromatic carbocycles. The Hall–Kier alpha value is -0.0800. The molecule has 0 fully saturated rings. The fourth-order valence-electron chi connectivity index (χ4n) is 2.02. The molecule has 1 atom stereocenters. The Morgan fingerprint density at radius 2 is 1.69 bits per heavy atom. The van der Waals surface area contributed by atoms with Crippen molar-refractivity contribution in [3.63, 3.8) is 0 Å². The van der Waals surface area contributed by atoms with Crippen molar-refractivity contribution in [1.82, 2.24) is 5.32 Å². The minimum Gasteiger partial charge on any atom is -0.383 e. The van der Waals surface area contributed by atoms with Crippen LogP contribution in [0.5, 0.6) is 0 Å². The smallest absolute Gasteiger partial charge is 0.0587 e. The molecule has 0 amide bonds. The maximum atomic E-state index is 5.04. The summed E-state index contributed by atoms with van der Waals surface area (Å²) in [6, 6.07) is 0. The molecule has 0 aliphatic rings. The van der Waals surface area contributed by atoms with Gasteiger partial charge in [0.05, 0.1) is 6.61 Å². The minimum absolute atomic E-state index is 0.807. The number of hydrogen-bond acceptors (Lipinski definition) is 2. The molecule has 0 aliphatic carbocycles. The molecule has 0 aliphatic heterocycles. The van der Waals surface area contributed by atoms with Gasteiger partial charge in [-0.15, -0.1) is 0 Å². The first-order valence-corrected chi connectivity index (χ1v) is 6.75. The highest BCUT2D eigenvalue weighted by molar-refractivity contribution is 4.66. The Balaban J connectivity index is 3.72. The van der Waals surface area contributed by atoms with Crippen LogP contribution in [0.25, 0.3) is 0 Å². The summed E-state index contributed by atoms with van der Waals surface area (Å²) in [4.78, 5) is 0. The summed E-state index contributed by atoms with van der Waals surface area (Å²) in [7, 11) is 1.76. The maximum absolute atomic E-state index is 5.04. The van der Waals surface area contributed by atoms with E-state index in [2.05, 4.69) is 33.0 Å². The van der Waals surface area contributed by atoms with E-state index < -0.39 is 0 Å². The highest BCUT2D eigenvalue weighted by Gasteiger charge is 2.11. The summed E-state index contributed by atoms with van der Waals surface area (Å²) < 4.78 is 5.04. The average Bonchev–Trinajstić information content (AvgIpc) is 2.19. The predicted octanol–water partition coefficient (Wildman–Crippen LogP) is 3.32. The van der Waals surface area contributed by atoms with Gasteiger partial charge in [-0.05, 0) is 37.1 Å². The third-order valence-corrected chi connectivity index (χ3v) is 2.87. The normalized spacial score (nSPS) is 13.7. The lowest BCUT2D eigenvalue weighted by atomic mass is 9.90. The van der Waals surface area contributed by atoms with Gasteiger partial charge in [-0.1, -0.05) is 34.1 Å². The van der Waals surface area contributed by atoms with Crippen molar-refractivity contribution < 1.29 is 4.74 Å². The van der Waals surface area contributed by atoms with Gasteiger partial charge in [0.25, 0.3) is 0 Å². The first-order valence-electron chi connectivity index (χ1n) is 6.75. The highest BCUT2D eigenvalue weighted by Crippen LogP contribution is 2.19. The second-order valence-corrected chi connectivity index (χ2v) is 5.66. The molecule has 0 heterocycles. The molecular formula is C14H31NO. The van der Waals surface area contributed by atoms with Crippen molar-refractivity contribution in [2.75, 3.05) is 26.8 Å². The average molecular weight is 229 g/mol. The Labute approximate surface area is 102 Å². The van der Waals surface area contributed by atoms with E-state index in [-0.39, 0.29) is 0 Å². The molecule has 0 radical (unpaired) electrons. The first-order chi connectivity index (χ1) is 7.56. The third kappa shape index (κ3) is 10.4. The molecule has 98 valence electrons. The van der Waals surface area contributed by atoms with Crippen molar-refractivity contribution in [3.05, 3.63) is 0 Å².